The van der Waals surface area contributed by atoms with Crippen LogP contribution in [0.1, 0.15) is 41.3 Å². The number of amides is 1. The number of phenols is 1. The lowest BCUT2D eigenvalue weighted by Crippen LogP contribution is -2.74. The Hall–Kier alpha value is -2.70. The van der Waals surface area contributed by atoms with Crippen LogP contribution in [0.15, 0.2) is 6.07 Å². The van der Waals surface area contributed by atoms with E-state index in [4.69, 9.17) is 22.1 Å². The average molecular weight is 576 g/mol. The molecule has 11 nitrogen and oxygen atoms in total. The van der Waals surface area contributed by atoms with Gasteiger partial charge in [0.25, 0.3) is 0 Å². The number of carbonyl (C=O) groups is 5. The number of phenolic OH excluding ortho intramolecular Hbond substituents is 1. The summed E-state index contributed by atoms with van der Waals surface area (Å²) < 4.78 is 5.52. The first kappa shape index (κ1) is 28.8. The number of primary amides is 1. The van der Waals surface area contributed by atoms with E-state index in [9.17, 15) is 34.2 Å². The molecule has 5 rings (SSSR count). The number of fused-ring (bicyclic) bond motifs is 3. The maximum Gasteiger partial charge on any atom is 0.235 e. The van der Waals surface area contributed by atoms with Gasteiger partial charge in [-0.2, -0.15) is 0 Å². The molecule has 0 aromatic heterocycles. The van der Waals surface area contributed by atoms with E-state index < -0.39 is 64.4 Å². The minimum Gasteiger partial charge on any atom is -0.507 e. The summed E-state index contributed by atoms with van der Waals surface area (Å²) in [5, 5.41) is 23.0. The summed E-state index contributed by atoms with van der Waals surface area (Å²) in [4.78, 5) is 69.9. The van der Waals surface area contributed by atoms with Crippen molar-refractivity contribution in [3.05, 3.63) is 27.8 Å². The molecular weight excluding hydrogens is 542 g/mol. The SMILES string of the molecule is CCN(Cc1cc(O)c2c(c1Cl)C[C@H]1C[C@H]3[C@H](N(C)C)C(=O)C(C(N)=O)C(=O)[C@@]3(O)C(=O)C1C2=O)[C@@H]1CCOC1. The highest BCUT2D eigenvalue weighted by atomic mass is 35.5. The maximum absolute atomic E-state index is 13.9. The summed E-state index contributed by atoms with van der Waals surface area (Å²) in [7, 11) is 3.09. The van der Waals surface area contributed by atoms with Gasteiger partial charge in [-0.25, -0.2) is 0 Å². The number of benzene rings is 1. The molecule has 1 saturated heterocycles. The molecule has 3 fully saturated rings. The fourth-order valence-corrected chi connectivity index (χ4v) is 7.64. The van der Waals surface area contributed by atoms with Crippen LogP contribution in [0.3, 0.4) is 0 Å². The van der Waals surface area contributed by atoms with E-state index in [-0.39, 0.29) is 30.2 Å². The van der Waals surface area contributed by atoms with Crippen molar-refractivity contribution in [3.8, 4) is 5.75 Å². The van der Waals surface area contributed by atoms with Crippen LogP contribution in [0.25, 0.3) is 0 Å². The Morgan fingerprint density at radius 2 is 1.93 bits per heavy atom. The third-order valence-electron chi connectivity index (χ3n) is 9.27. The molecule has 2 unspecified atom stereocenters. The van der Waals surface area contributed by atoms with E-state index in [0.29, 0.717) is 35.9 Å². The zero-order valence-electron chi connectivity index (χ0n) is 22.7. The van der Waals surface area contributed by atoms with Crippen molar-refractivity contribution in [3.63, 3.8) is 0 Å². The molecule has 1 aromatic carbocycles. The van der Waals surface area contributed by atoms with Gasteiger partial charge in [0, 0.05) is 30.1 Å². The lowest BCUT2D eigenvalue weighted by molar-refractivity contribution is -0.181. The predicted octanol–water partition coefficient (Wildman–Crippen LogP) is 0.131. The van der Waals surface area contributed by atoms with E-state index in [0.717, 1.165) is 13.0 Å². The van der Waals surface area contributed by atoms with E-state index >= 15 is 0 Å². The van der Waals surface area contributed by atoms with Crippen LogP contribution in [0.4, 0.5) is 0 Å². The van der Waals surface area contributed by atoms with Gasteiger partial charge in [-0.05, 0) is 63.0 Å². The first-order chi connectivity index (χ1) is 18.8. The Bertz CT molecular complexity index is 1310. The fraction of sp³-hybridized carbons (Fsp3) is 0.607. The van der Waals surface area contributed by atoms with Crippen molar-refractivity contribution in [2.24, 2.45) is 29.4 Å². The second-order valence-electron chi connectivity index (χ2n) is 11.6. The van der Waals surface area contributed by atoms with Crippen LogP contribution in [0, 0.1) is 23.7 Å². The minimum atomic E-state index is -2.75. The molecule has 0 bridgehead atoms. The van der Waals surface area contributed by atoms with Crippen LogP contribution >= 0.6 is 11.6 Å². The van der Waals surface area contributed by atoms with Crippen molar-refractivity contribution in [2.45, 2.75) is 50.4 Å². The minimum absolute atomic E-state index is 0.0221. The number of hydrogen-bond acceptors (Lipinski definition) is 10. The van der Waals surface area contributed by atoms with Crippen molar-refractivity contribution in [2.75, 3.05) is 33.9 Å². The highest BCUT2D eigenvalue weighted by Crippen LogP contribution is 2.51. The quantitative estimate of drug-likeness (QED) is 0.397. The largest absolute Gasteiger partial charge is 0.507 e. The van der Waals surface area contributed by atoms with Gasteiger partial charge in [0.2, 0.25) is 5.91 Å². The molecule has 12 heteroatoms. The molecule has 0 spiro atoms. The zero-order valence-corrected chi connectivity index (χ0v) is 23.4. The summed E-state index contributed by atoms with van der Waals surface area (Å²) >= 11 is 6.86. The van der Waals surface area contributed by atoms with Gasteiger partial charge >= 0.3 is 0 Å². The summed E-state index contributed by atoms with van der Waals surface area (Å²) in [6.45, 7) is 4.43. The van der Waals surface area contributed by atoms with Gasteiger partial charge in [-0.1, -0.05) is 18.5 Å². The zero-order chi connectivity index (χ0) is 29.3. The van der Waals surface area contributed by atoms with Crippen LogP contribution in [-0.2, 0) is 36.9 Å². The molecule has 216 valence electrons. The van der Waals surface area contributed by atoms with Crippen molar-refractivity contribution < 1.29 is 38.9 Å². The van der Waals surface area contributed by atoms with Crippen molar-refractivity contribution in [1.29, 1.82) is 0 Å². The van der Waals surface area contributed by atoms with E-state index in [2.05, 4.69) is 4.90 Å². The number of ketones is 4. The number of carbonyl (C=O) groups excluding carboxylic acids is 5. The second kappa shape index (κ2) is 10.3. The molecule has 4 N–H and O–H groups in total. The van der Waals surface area contributed by atoms with E-state index in [1.165, 1.54) is 11.0 Å². The molecule has 40 heavy (non-hydrogen) atoms. The fourth-order valence-electron chi connectivity index (χ4n) is 7.35. The topological polar surface area (TPSA) is 168 Å². The third kappa shape index (κ3) is 4.13. The number of hydrogen-bond donors (Lipinski definition) is 3. The highest BCUT2D eigenvalue weighted by molar-refractivity contribution is 6.34. The second-order valence-corrected chi connectivity index (χ2v) is 12.0. The van der Waals surface area contributed by atoms with Crippen LogP contribution in [-0.4, -0.2) is 101 Å². The summed E-state index contributed by atoms with van der Waals surface area (Å²) in [6.07, 6.45) is 0.981. The third-order valence-corrected chi connectivity index (χ3v) is 9.74. The van der Waals surface area contributed by atoms with Crippen LogP contribution in [0.2, 0.25) is 5.02 Å². The van der Waals surface area contributed by atoms with Gasteiger partial charge in [-0.3, -0.25) is 33.8 Å². The van der Waals surface area contributed by atoms with Crippen molar-refractivity contribution >= 4 is 40.6 Å². The van der Waals surface area contributed by atoms with E-state index in [1.54, 1.807) is 14.1 Å². The van der Waals surface area contributed by atoms with Crippen molar-refractivity contribution in [1.82, 2.24) is 9.80 Å². The molecule has 1 heterocycles. The molecule has 0 radical (unpaired) electrons. The normalized spacial score (nSPS) is 33.8. The molecule has 4 aliphatic rings. The summed E-state index contributed by atoms with van der Waals surface area (Å²) in [5.41, 5.74) is 3.54. The summed E-state index contributed by atoms with van der Waals surface area (Å²) in [6, 6.07) is 0.481. The number of likely N-dealkylation sites (N-methyl/N-ethyl adjacent to an activating group) is 2. The Labute approximate surface area is 236 Å². The first-order valence-electron chi connectivity index (χ1n) is 13.5. The lowest BCUT2D eigenvalue weighted by Gasteiger charge is -2.52. The van der Waals surface area contributed by atoms with Gasteiger partial charge in [0.1, 0.15) is 5.75 Å². The Morgan fingerprint density at radius 3 is 2.50 bits per heavy atom. The number of rotatable bonds is 6. The Balaban J connectivity index is 1.55. The number of nitrogens with zero attached hydrogens (tertiary/aromatic N) is 2. The average Bonchev–Trinajstić information content (AvgIpc) is 3.41. The number of halogens is 1. The number of nitrogens with two attached hydrogens (primary N) is 1. The van der Waals surface area contributed by atoms with Crippen LogP contribution < -0.4 is 5.73 Å². The molecule has 7 atom stereocenters. The van der Waals surface area contributed by atoms with Crippen LogP contribution in [0.5, 0.6) is 5.75 Å². The first-order valence-corrected chi connectivity index (χ1v) is 13.9. The molecule has 3 aliphatic carbocycles. The number of aromatic hydroxyl groups is 1. The van der Waals surface area contributed by atoms with Gasteiger partial charge < -0.3 is 20.7 Å². The Morgan fingerprint density at radius 1 is 1.23 bits per heavy atom. The predicted molar refractivity (Wildman–Crippen MR) is 142 cm³/mol. The molecule has 1 aliphatic heterocycles. The van der Waals surface area contributed by atoms with Gasteiger partial charge in [0.15, 0.2) is 34.7 Å². The molecule has 2 saturated carbocycles. The monoisotopic (exact) mass is 575 g/mol. The smallest absolute Gasteiger partial charge is 0.235 e. The highest BCUT2D eigenvalue weighted by Gasteiger charge is 2.69. The molecule has 1 aromatic rings. The number of ether oxygens (including phenoxy) is 1. The Kier molecular flexibility index (Phi) is 7.41. The summed E-state index contributed by atoms with van der Waals surface area (Å²) in [5.74, 6) is -10.8. The maximum atomic E-state index is 13.9. The van der Waals surface area contributed by atoms with Gasteiger partial charge in [0.05, 0.1) is 24.1 Å². The molecule has 1 amide bonds. The lowest BCUT2D eigenvalue weighted by atomic mass is 9.52. The van der Waals surface area contributed by atoms with E-state index in [1.807, 2.05) is 6.92 Å². The number of Topliss-reactive ketones (excluding diaryl/α,β-unsaturated/α-hetero) is 4. The number of aliphatic hydroxyl groups is 1. The van der Waals surface area contributed by atoms with Gasteiger partial charge in [-0.15, -0.1) is 0 Å². The standard InChI is InChI=1S/C28H34ClN3O8/c1-4-32(14-5-6-40-11-14)10-13-9-17(33)19-15(21(13)29)7-12-8-16-22(31(2)3)24(35)20(27(30)38)26(37)28(16,39)25(36)18(12)23(19)34/h9,12,14,16,18,20,22,33,39H,4-8,10-11H2,1-3H3,(H2,30,38)/t12-,14+,16-,18?,20?,22-,28-/m0/s1. The molecular formula is C28H34ClN3O8.